The lowest BCUT2D eigenvalue weighted by atomic mass is 10.2. The topological polar surface area (TPSA) is 78.9 Å². The van der Waals surface area contributed by atoms with Crippen LogP contribution in [0.4, 0.5) is 5.82 Å². The molecule has 0 amide bonds. The van der Waals surface area contributed by atoms with Crippen LogP contribution in [0.1, 0.15) is 19.5 Å². The first-order valence-corrected chi connectivity index (χ1v) is 6.91. The molecule has 0 aliphatic carbocycles. The molecular formula is C12H13N3O4S. The molecule has 0 atom stereocenters. The summed E-state index contributed by atoms with van der Waals surface area (Å²) in [5, 5.41) is 13.0. The minimum Gasteiger partial charge on any atom is -0.358 e. The Balaban J connectivity index is 1.96. The maximum Gasteiger partial charge on any atom is 0.356 e. The molecule has 2 aromatic rings. The molecule has 1 aliphatic heterocycles. The van der Waals surface area contributed by atoms with Gasteiger partial charge in [-0.1, -0.05) is 11.3 Å². The molecule has 0 aromatic carbocycles. The van der Waals surface area contributed by atoms with Crippen LogP contribution < -0.4 is 0 Å². The highest BCUT2D eigenvalue weighted by molar-refractivity contribution is 7.15. The number of thiazole rings is 1. The third-order valence-electron chi connectivity index (χ3n) is 2.99. The Labute approximate surface area is 118 Å². The average molecular weight is 295 g/mol. The molecule has 0 unspecified atom stereocenters. The third kappa shape index (κ3) is 2.33. The molecule has 0 saturated carbocycles. The zero-order valence-electron chi connectivity index (χ0n) is 11.0. The predicted octanol–water partition coefficient (Wildman–Crippen LogP) is 2.47. The van der Waals surface area contributed by atoms with E-state index in [9.17, 15) is 10.1 Å². The van der Waals surface area contributed by atoms with Gasteiger partial charge in [-0.25, -0.2) is 0 Å². The molecular weight excluding hydrogens is 282 g/mol. The van der Waals surface area contributed by atoms with Crippen LogP contribution in [-0.2, 0) is 9.47 Å². The summed E-state index contributed by atoms with van der Waals surface area (Å²) in [6, 6.07) is 0. The predicted molar refractivity (Wildman–Crippen MR) is 73.7 cm³/mol. The van der Waals surface area contributed by atoms with Crippen LogP contribution in [-0.4, -0.2) is 33.3 Å². The Hall–Kier alpha value is -1.77. The van der Waals surface area contributed by atoms with Gasteiger partial charge in [0.1, 0.15) is 6.20 Å². The molecule has 20 heavy (non-hydrogen) atoms. The number of ether oxygens (including phenoxy) is 2. The van der Waals surface area contributed by atoms with Crippen molar-refractivity contribution in [2.45, 2.75) is 19.6 Å². The molecule has 0 N–H and O–H groups in total. The third-order valence-corrected chi connectivity index (χ3v) is 3.74. The maximum atomic E-state index is 11.2. The van der Waals surface area contributed by atoms with Gasteiger partial charge in [-0.3, -0.25) is 0 Å². The zero-order chi connectivity index (χ0) is 14.3. The number of aromatic nitrogens is 2. The normalized spacial score (nSPS) is 18.4. The number of nitrogens with zero attached hydrogens (tertiary/aromatic N) is 3. The number of rotatable bonds is 2. The summed E-state index contributed by atoms with van der Waals surface area (Å²) < 4.78 is 12.5. The van der Waals surface area contributed by atoms with Crippen LogP contribution >= 0.6 is 11.3 Å². The van der Waals surface area contributed by atoms with Crippen molar-refractivity contribution in [2.24, 2.45) is 0 Å². The fraction of sp³-hybridized carbons (Fsp3) is 0.417. The van der Waals surface area contributed by atoms with Crippen molar-refractivity contribution < 1.29 is 14.4 Å². The van der Waals surface area contributed by atoms with E-state index in [1.165, 1.54) is 15.7 Å². The Bertz CT molecular complexity index is 689. The van der Waals surface area contributed by atoms with E-state index in [-0.39, 0.29) is 5.82 Å². The summed E-state index contributed by atoms with van der Waals surface area (Å²) in [5.74, 6) is -0.642. The lowest BCUT2D eigenvalue weighted by molar-refractivity contribution is -0.390. The summed E-state index contributed by atoms with van der Waals surface area (Å²) in [5.41, 5.74) is 1.17. The molecule has 3 heterocycles. The van der Waals surface area contributed by atoms with Crippen molar-refractivity contribution in [3.05, 3.63) is 33.0 Å². The van der Waals surface area contributed by atoms with E-state index >= 15 is 0 Å². The lowest BCUT2D eigenvalue weighted by Gasteiger charge is -2.31. The Morgan fingerprint density at radius 2 is 2.20 bits per heavy atom. The van der Waals surface area contributed by atoms with Gasteiger partial charge < -0.3 is 19.6 Å². The van der Waals surface area contributed by atoms with Crippen LogP contribution in [0.5, 0.6) is 0 Å². The van der Waals surface area contributed by atoms with Crippen LogP contribution in [0.3, 0.4) is 0 Å². The van der Waals surface area contributed by atoms with E-state index in [0.717, 1.165) is 5.57 Å². The second-order valence-electron chi connectivity index (χ2n) is 4.91. The quantitative estimate of drug-likeness (QED) is 0.628. The van der Waals surface area contributed by atoms with Crippen LogP contribution in [0, 0.1) is 10.1 Å². The van der Waals surface area contributed by atoms with Gasteiger partial charge in [-0.15, -0.1) is 0 Å². The number of nitro groups is 1. The van der Waals surface area contributed by atoms with Gasteiger partial charge in [-0.05, 0) is 30.4 Å². The first-order valence-electron chi connectivity index (χ1n) is 6.03. The summed E-state index contributed by atoms with van der Waals surface area (Å²) in [4.78, 5) is 15.6. The summed E-state index contributed by atoms with van der Waals surface area (Å²) in [6.07, 6.45) is 3.32. The first-order chi connectivity index (χ1) is 9.46. The number of hydrogen-bond acceptors (Lipinski definition) is 6. The summed E-state index contributed by atoms with van der Waals surface area (Å²) >= 11 is 1.36. The van der Waals surface area contributed by atoms with Gasteiger partial charge in [0.25, 0.3) is 4.96 Å². The highest BCUT2D eigenvalue weighted by Crippen LogP contribution is 2.27. The first kappa shape index (κ1) is 13.2. The lowest BCUT2D eigenvalue weighted by Crippen LogP contribution is -2.35. The highest BCUT2D eigenvalue weighted by atomic mass is 32.1. The summed E-state index contributed by atoms with van der Waals surface area (Å²) in [7, 11) is 0. The molecule has 8 heteroatoms. The molecule has 1 saturated heterocycles. The van der Waals surface area contributed by atoms with Crippen molar-refractivity contribution in [2.75, 3.05) is 13.2 Å². The van der Waals surface area contributed by atoms with E-state index in [0.29, 0.717) is 23.9 Å². The molecule has 3 rings (SSSR count). The standard InChI is InChI=1S/C12H13N3O4S/c1-12(2)18-6-8(7-19-12)5-9-10(15(16)17)14-3-4-20-11(14)13-9/h3-5H,6-7H2,1-2H3. The van der Waals surface area contributed by atoms with Crippen LogP contribution in [0.15, 0.2) is 17.2 Å². The van der Waals surface area contributed by atoms with Crippen molar-refractivity contribution in [3.63, 3.8) is 0 Å². The van der Waals surface area contributed by atoms with Crippen LogP contribution in [0.2, 0.25) is 0 Å². The number of imidazole rings is 1. The molecule has 0 bridgehead atoms. The van der Waals surface area contributed by atoms with E-state index in [2.05, 4.69) is 4.98 Å². The van der Waals surface area contributed by atoms with E-state index < -0.39 is 10.7 Å². The van der Waals surface area contributed by atoms with Gasteiger partial charge >= 0.3 is 5.82 Å². The molecule has 1 fully saturated rings. The Morgan fingerprint density at radius 1 is 1.50 bits per heavy atom. The SMILES string of the molecule is CC1(C)OCC(=Cc2nc3sccn3c2[N+](=O)[O-])CO1. The van der Waals surface area contributed by atoms with Gasteiger partial charge in [-0.2, -0.15) is 9.38 Å². The molecule has 0 radical (unpaired) electrons. The molecule has 1 aliphatic rings. The zero-order valence-corrected chi connectivity index (χ0v) is 11.8. The maximum absolute atomic E-state index is 11.2. The minimum absolute atomic E-state index is 0.0291. The average Bonchev–Trinajstić information content (AvgIpc) is 2.91. The van der Waals surface area contributed by atoms with E-state index in [1.54, 1.807) is 17.7 Å². The molecule has 7 nitrogen and oxygen atoms in total. The fourth-order valence-electron chi connectivity index (χ4n) is 1.96. The molecule has 106 valence electrons. The van der Waals surface area contributed by atoms with Crippen molar-refractivity contribution in [1.82, 2.24) is 9.38 Å². The van der Waals surface area contributed by atoms with Gasteiger partial charge in [0.05, 0.1) is 13.2 Å². The van der Waals surface area contributed by atoms with Crippen molar-refractivity contribution >= 4 is 28.2 Å². The fourth-order valence-corrected chi connectivity index (χ4v) is 2.68. The smallest absolute Gasteiger partial charge is 0.356 e. The Morgan fingerprint density at radius 3 is 2.85 bits per heavy atom. The molecule has 2 aromatic heterocycles. The van der Waals surface area contributed by atoms with E-state index in [1.807, 2.05) is 13.8 Å². The molecule has 0 spiro atoms. The van der Waals surface area contributed by atoms with Gasteiger partial charge in [0, 0.05) is 5.38 Å². The summed E-state index contributed by atoms with van der Waals surface area (Å²) in [6.45, 7) is 4.43. The minimum atomic E-state index is -0.613. The monoisotopic (exact) mass is 295 g/mol. The second-order valence-corrected chi connectivity index (χ2v) is 5.79. The Kier molecular flexibility index (Phi) is 3.08. The van der Waals surface area contributed by atoms with Crippen molar-refractivity contribution in [1.29, 1.82) is 0 Å². The van der Waals surface area contributed by atoms with E-state index in [4.69, 9.17) is 9.47 Å². The van der Waals surface area contributed by atoms with Gasteiger partial charge in [0.15, 0.2) is 11.5 Å². The number of fused-ring (bicyclic) bond motifs is 1. The van der Waals surface area contributed by atoms with Crippen LogP contribution in [0.25, 0.3) is 11.0 Å². The number of hydrogen-bond donors (Lipinski definition) is 0. The highest BCUT2D eigenvalue weighted by Gasteiger charge is 2.27. The second kappa shape index (κ2) is 4.65. The largest absolute Gasteiger partial charge is 0.358 e. The van der Waals surface area contributed by atoms with Crippen molar-refractivity contribution in [3.8, 4) is 0 Å². The van der Waals surface area contributed by atoms with Gasteiger partial charge in [0.2, 0.25) is 0 Å².